The summed E-state index contributed by atoms with van der Waals surface area (Å²) >= 11 is 9.73. The van der Waals surface area contributed by atoms with Gasteiger partial charge in [-0.2, -0.15) is 0 Å². The Hall–Kier alpha value is -2.05. The zero-order chi connectivity index (χ0) is 24.0. The van der Waals surface area contributed by atoms with Crippen molar-refractivity contribution in [3.05, 3.63) is 62.6 Å². The third-order valence-corrected chi connectivity index (χ3v) is 7.22. The van der Waals surface area contributed by atoms with Gasteiger partial charge in [0.1, 0.15) is 11.8 Å². The fourth-order valence-electron chi connectivity index (χ4n) is 4.20. The molecule has 0 aromatic heterocycles. The van der Waals surface area contributed by atoms with Crippen molar-refractivity contribution >= 4 is 39.3 Å². The Morgan fingerprint density at radius 3 is 2.45 bits per heavy atom. The van der Waals surface area contributed by atoms with Crippen molar-refractivity contribution < 1.29 is 14.3 Å². The molecule has 2 aromatic rings. The zero-order valence-electron chi connectivity index (χ0n) is 19.5. The molecule has 1 aliphatic rings. The second-order valence-electron chi connectivity index (χ2n) is 8.83. The molecule has 33 heavy (non-hydrogen) atoms. The number of carbonyl (C=O) groups excluding carboxylic acids is 2. The Balaban J connectivity index is 1.73. The summed E-state index contributed by atoms with van der Waals surface area (Å²) in [5.41, 5.74) is 2.73. The Morgan fingerprint density at radius 2 is 1.82 bits per heavy atom. The van der Waals surface area contributed by atoms with E-state index in [1.807, 2.05) is 50.2 Å². The first-order valence-electron chi connectivity index (χ1n) is 11.5. The second kappa shape index (κ2) is 11.9. The van der Waals surface area contributed by atoms with Gasteiger partial charge in [-0.15, -0.1) is 0 Å². The SMILES string of the molecule is Cc1cc(OCC(=O)N(Cc2cccc(Br)c2)[C@@H](C)C(=O)NC2CCCCC2)cc(C)c1Cl. The summed E-state index contributed by atoms with van der Waals surface area (Å²) in [5, 5.41) is 3.84. The Bertz CT molecular complexity index is 968. The molecule has 7 heteroatoms. The summed E-state index contributed by atoms with van der Waals surface area (Å²) in [7, 11) is 0. The summed E-state index contributed by atoms with van der Waals surface area (Å²) in [6.07, 6.45) is 5.48. The average molecular weight is 536 g/mol. The number of rotatable bonds is 8. The number of nitrogens with zero attached hydrogens (tertiary/aromatic N) is 1. The first-order chi connectivity index (χ1) is 15.7. The predicted molar refractivity (Wildman–Crippen MR) is 136 cm³/mol. The highest BCUT2D eigenvalue weighted by molar-refractivity contribution is 9.10. The van der Waals surface area contributed by atoms with Crippen LogP contribution in [0, 0.1) is 13.8 Å². The molecule has 1 atom stereocenters. The van der Waals surface area contributed by atoms with Crippen molar-refractivity contribution in [2.24, 2.45) is 0 Å². The highest BCUT2D eigenvalue weighted by Crippen LogP contribution is 2.26. The molecule has 0 heterocycles. The Morgan fingerprint density at radius 1 is 1.15 bits per heavy atom. The molecule has 1 saturated carbocycles. The maximum atomic E-state index is 13.3. The van der Waals surface area contributed by atoms with Crippen molar-refractivity contribution in [1.82, 2.24) is 10.2 Å². The van der Waals surface area contributed by atoms with E-state index in [4.69, 9.17) is 16.3 Å². The van der Waals surface area contributed by atoms with Crippen LogP contribution in [-0.2, 0) is 16.1 Å². The average Bonchev–Trinajstić information content (AvgIpc) is 2.79. The lowest BCUT2D eigenvalue weighted by atomic mass is 9.95. The number of carbonyl (C=O) groups is 2. The summed E-state index contributed by atoms with van der Waals surface area (Å²) in [5.74, 6) is 0.222. The van der Waals surface area contributed by atoms with E-state index >= 15 is 0 Å². The van der Waals surface area contributed by atoms with Crippen LogP contribution in [-0.4, -0.2) is 35.4 Å². The number of nitrogens with one attached hydrogen (secondary N) is 1. The zero-order valence-corrected chi connectivity index (χ0v) is 21.8. The third kappa shape index (κ3) is 7.21. The molecule has 2 amide bonds. The van der Waals surface area contributed by atoms with Gasteiger partial charge >= 0.3 is 0 Å². The molecule has 3 rings (SSSR count). The number of hydrogen-bond donors (Lipinski definition) is 1. The maximum absolute atomic E-state index is 13.3. The second-order valence-corrected chi connectivity index (χ2v) is 10.1. The van der Waals surface area contributed by atoms with Crippen molar-refractivity contribution in [1.29, 1.82) is 0 Å². The van der Waals surface area contributed by atoms with Crippen molar-refractivity contribution in [2.45, 2.75) is 71.5 Å². The maximum Gasteiger partial charge on any atom is 0.261 e. The molecular formula is C26H32BrClN2O3. The summed E-state index contributed by atoms with van der Waals surface area (Å²) < 4.78 is 6.74. The molecule has 0 radical (unpaired) electrons. The Labute approximate surface area is 210 Å². The highest BCUT2D eigenvalue weighted by atomic mass is 79.9. The molecule has 0 bridgehead atoms. The predicted octanol–water partition coefficient (Wildman–Crippen LogP) is 5.96. The van der Waals surface area contributed by atoms with Crippen LogP contribution in [0.3, 0.4) is 0 Å². The number of halogens is 2. The van der Waals surface area contributed by atoms with Crippen LogP contribution in [0.5, 0.6) is 5.75 Å². The molecule has 1 aliphatic carbocycles. The molecule has 178 valence electrons. The van der Waals surface area contributed by atoms with Crippen LogP contribution < -0.4 is 10.1 Å². The molecule has 5 nitrogen and oxygen atoms in total. The van der Waals surface area contributed by atoms with E-state index in [9.17, 15) is 9.59 Å². The lowest BCUT2D eigenvalue weighted by Gasteiger charge is -2.31. The number of aryl methyl sites for hydroxylation is 2. The van der Waals surface area contributed by atoms with E-state index in [2.05, 4.69) is 21.2 Å². The molecule has 2 aromatic carbocycles. The van der Waals surface area contributed by atoms with Gasteiger partial charge in [0.2, 0.25) is 5.91 Å². The minimum Gasteiger partial charge on any atom is -0.484 e. The minimum atomic E-state index is -0.615. The fourth-order valence-corrected chi connectivity index (χ4v) is 4.76. The largest absolute Gasteiger partial charge is 0.484 e. The van der Waals surface area contributed by atoms with Gasteiger partial charge in [-0.05, 0) is 74.6 Å². The van der Waals surface area contributed by atoms with Gasteiger partial charge in [-0.25, -0.2) is 0 Å². The molecule has 0 aliphatic heterocycles. The first kappa shape index (κ1) is 25.6. The molecular weight excluding hydrogens is 504 g/mol. The quantitative estimate of drug-likeness (QED) is 0.453. The van der Waals surface area contributed by atoms with Gasteiger partial charge in [0, 0.05) is 22.1 Å². The van der Waals surface area contributed by atoms with Gasteiger partial charge in [-0.3, -0.25) is 9.59 Å². The Kier molecular flexibility index (Phi) is 9.21. The fraction of sp³-hybridized carbons (Fsp3) is 0.462. The smallest absolute Gasteiger partial charge is 0.261 e. The van der Waals surface area contributed by atoms with Crippen LogP contribution in [0.15, 0.2) is 40.9 Å². The molecule has 1 fully saturated rings. The van der Waals surface area contributed by atoms with Crippen LogP contribution in [0.25, 0.3) is 0 Å². The highest BCUT2D eigenvalue weighted by Gasteiger charge is 2.28. The van der Waals surface area contributed by atoms with Gasteiger partial charge in [-0.1, -0.05) is 58.9 Å². The van der Waals surface area contributed by atoms with Gasteiger partial charge < -0.3 is 15.0 Å². The van der Waals surface area contributed by atoms with Gasteiger partial charge in [0.25, 0.3) is 5.91 Å². The number of ether oxygens (including phenoxy) is 1. The summed E-state index contributed by atoms with van der Waals surface area (Å²) in [6, 6.07) is 11.0. The van der Waals surface area contributed by atoms with Crippen molar-refractivity contribution in [3.63, 3.8) is 0 Å². The van der Waals surface area contributed by atoms with Crippen LogP contribution in [0.2, 0.25) is 5.02 Å². The first-order valence-corrected chi connectivity index (χ1v) is 12.7. The summed E-state index contributed by atoms with van der Waals surface area (Å²) in [6.45, 7) is 5.75. The van der Waals surface area contributed by atoms with Crippen molar-refractivity contribution in [2.75, 3.05) is 6.61 Å². The van der Waals surface area contributed by atoms with E-state index in [1.54, 1.807) is 11.8 Å². The molecule has 0 spiro atoms. The van der Waals surface area contributed by atoms with E-state index in [0.717, 1.165) is 46.8 Å². The van der Waals surface area contributed by atoms with E-state index in [1.165, 1.54) is 6.42 Å². The third-order valence-electron chi connectivity index (χ3n) is 6.13. The van der Waals surface area contributed by atoms with E-state index < -0.39 is 6.04 Å². The normalized spacial score (nSPS) is 15.1. The number of amides is 2. The molecule has 0 saturated heterocycles. The van der Waals surface area contributed by atoms with Crippen LogP contribution in [0.1, 0.15) is 55.7 Å². The lowest BCUT2D eigenvalue weighted by Crippen LogP contribution is -2.51. The van der Waals surface area contributed by atoms with Gasteiger partial charge in [0.05, 0.1) is 0 Å². The number of hydrogen-bond acceptors (Lipinski definition) is 3. The molecule has 0 unspecified atom stereocenters. The lowest BCUT2D eigenvalue weighted by molar-refractivity contribution is -0.142. The van der Waals surface area contributed by atoms with Crippen LogP contribution >= 0.6 is 27.5 Å². The molecule has 1 N–H and O–H groups in total. The van der Waals surface area contributed by atoms with Crippen LogP contribution in [0.4, 0.5) is 0 Å². The monoisotopic (exact) mass is 534 g/mol. The minimum absolute atomic E-state index is 0.122. The van der Waals surface area contributed by atoms with E-state index in [-0.39, 0.29) is 24.5 Å². The number of benzene rings is 2. The van der Waals surface area contributed by atoms with Crippen molar-refractivity contribution in [3.8, 4) is 5.75 Å². The van der Waals surface area contributed by atoms with E-state index in [0.29, 0.717) is 17.3 Å². The summed E-state index contributed by atoms with van der Waals surface area (Å²) in [4.78, 5) is 27.9. The standard InChI is InChI=1S/C26H32BrClN2O3/c1-17-12-23(13-18(2)25(17)28)33-16-24(31)30(15-20-8-7-9-21(27)14-20)19(3)26(32)29-22-10-5-4-6-11-22/h7-9,12-14,19,22H,4-6,10-11,15-16H2,1-3H3,(H,29,32)/t19-/m0/s1. The van der Waals surface area contributed by atoms with Gasteiger partial charge in [0.15, 0.2) is 6.61 Å². The topological polar surface area (TPSA) is 58.6 Å².